The summed E-state index contributed by atoms with van der Waals surface area (Å²) < 4.78 is 8.04. The van der Waals surface area contributed by atoms with Crippen LogP contribution in [0.15, 0.2) is 75.9 Å². The number of hydrogen-bond donors (Lipinski definition) is 0. The first-order valence-electron chi connectivity index (χ1n) is 10.6. The van der Waals surface area contributed by atoms with Gasteiger partial charge in [-0.2, -0.15) is 0 Å². The zero-order valence-corrected chi connectivity index (χ0v) is 20.9. The lowest BCUT2D eigenvalue weighted by Gasteiger charge is -2.18. The van der Waals surface area contributed by atoms with Crippen molar-refractivity contribution < 1.29 is 14.3 Å². The molecule has 0 N–H and O–H groups in total. The highest BCUT2D eigenvalue weighted by Gasteiger charge is 2.38. The molecule has 0 saturated carbocycles. The van der Waals surface area contributed by atoms with E-state index in [4.69, 9.17) is 4.74 Å². The first-order valence-corrected chi connectivity index (χ1v) is 11.4. The predicted octanol–water partition coefficient (Wildman–Crippen LogP) is 6.04. The molecule has 1 amide bonds. The molecule has 6 heteroatoms. The zero-order chi connectivity index (χ0) is 23.9. The van der Waals surface area contributed by atoms with Crippen LogP contribution in [0.25, 0.3) is 11.8 Å². The van der Waals surface area contributed by atoms with E-state index in [1.807, 2.05) is 50.2 Å². The van der Waals surface area contributed by atoms with Crippen LogP contribution in [0, 0.1) is 20.8 Å². The number of esters is 1. The Kier molecular flexibility index (Phi) is 6.13. The lowest BCUT2D eigenvalue weighted by Crippen LogP contribution is -2.24. The van der Waals surface area contributed by atoms with E-state index < -0.39 is 5.97 Å². The highest BCUT2D eigenvalue weighted by molar-refractivity contribution is 9.10. The molecule has 2 aromatic carbocycles. The van der Waals surface area contributed by atoms with Crippen LogP contribution in [0.1, 0.15) is 29.4 Å². The number of aromatic nitrogens is 1. The molecule has 168 valence electrons. The molecule has 1 aromatic heterocycles. The average Bonchev–Trinajstić information content (AvgIpc) is 3.19. The van der Waals surface area contributed by atoms with Crippen LogP contribution >= 0.6 is 15.9 Å². The maximum Gasteiger partial charge on any atom is 0.340 e. The maximum atomic E-state index is 13.6. The zero-order valence-electron chi connectivity index (χ0n) is 19.3. The number of carbonyl (C=O) groups excluding carboxylic acids is 2. The van der Waals surface area contributed by atoms with Crippen LogP contribution < -0.4 is 4.90 Å². The second-order valence-electron chi connectivity index (χ2n) is 8.13. The van der Waals surface area contributed by atoms with E-state index in [1.54, 1.807) is 17.9 Å². The van der Waals surface area contributed by atoms with Gasteiger partial charge in [0.2, 0.25) is 0 Å². The van der Waals surface area contributed by atoms with Crippen molar-refractivity contribution in [2.24, 2.45) is 0 Å². The Morgan fingerprint density at radius 2 is 1.67 bits per heavy atom. The molecule has 1 aliphatic heterocycles. The lowest BCUT2D eigenvalue weighted by atomic mass is 10.0. The van der Waals surface area contributed by atoms with Crippen molar-refractivity contribution >= 4 is 39.6 Å². The highest BCUT2D eigenvalue weighted by atomic mass is 79.9. The summed E-state index contributed by atoms with van der Waals surface area (Å²) in [6, 6.07) is 17.7. The number of allylic oxidation sites excluding steroid dienone is 1. The molecule has 0 saturated heterocycles. The van der Waals surface area contributed by atoms with Crippen molar-refractivity contribution in [1.82, 2.24) is 4.57 Å². The summed E-state index contributed by atoms with van der Waals surface area (Å²) in [6.07, 6.45) is 1.80. The Morgan fingerprint density at radius 3 is 2.33 bits per heavy atom. The van der Waals surface area contributed by atoms with Gasteiger partial charge in [0.15, 0.2) is 0 Å². The van der Waals surface area contributed by atoms with Crippen LogP contribution in [0.4, 0.5) is 5.69 Å². The van der Waals surface area contributed by atoms with Crippen LogP contribution in [-0.2, 0) is 14.3 Å². The molecule has 2 heterocycles. The summed E-state index contributed by atoms with van der Waals surface area (Å²) >= 11 is 3.46. The van der Waals surface area contributed by atoms with E-state index in [9.17, 15) is 9.59 Å². The lowest BCUT2D eigenvalue weighted by molar-refractivity contribution is -0.136. The number of nitrogens with zero attached hydrogens (tertiary/aromatic N) is 2. The van der Waals surface area contributed by atoms with Gasteiger partial charge in [-0.05, 0) is 81.3 Å². The number of benzene rings is 2. The molecule has 0 bridgehead atoms. The maximum absolute atomic E-state index is 13.6. The number of halogens is 1. The predicted molar refractivity (Wildman–Crippen MR) is 134 cm³/mol. The van der Waals surface area contributed by atoms with Crippen molar-refractivity contribution in [3.63, 3.8) is 0 Å². The van der Waals surface area contributed by atoms with E-state index in [0.717, 1.165) is 27.1 Å². The fourth-order valence-corrected chi connectivity index (χ4v) is 4.75. The fourth-order valence-electron chi connectivity index (χ4n) is 4.36. The van der Waals surface area contributed by atoms with Crippen LogP contribution in [0.3, 0.4) is 0 Å². The molecule has 5 nitrogen and oxygen atoms in total. The van der Waals surface area contributed by atoms with Gasteiger partial charge in [0.05, 0.1) is 23.9 Å². The largest absolute Gasteiger partial charge is 0.465 e. The summed E-state index contributed by atoms with van der Waals surface area (Å²) in [5.74, 6) is -0.788. The van der Waals surface area contributed by atoms with Crippen molar-refractivity contribution in [3.05, 3.63) is 98.4 Å². The van der Waals surface area contributed by atoms with Gasteiger partial charge in [-0.3, -0.25) is 9.69 Å². The first-order chi connectivity index (χ1) is 15.7. The molecular weight excluding hydrogens is 480 g/mol. The number of methoxy groups -OCH3 is 1. The van der Waals surface area contributed by atoms with Crippen LogP contribution in [-0.4, -0.2) is 23.6 Å². The van der Waals surface area contributed by atoms with E-state index in [2.05, 4.69) is 45.6 Å². The molecule has 0 aliphatic carbocycles. The van der Waals surface area contributed by atoms with Gasteiger partial charge in [0.1, 0.15) is 0 Å². The van der Waals surface area contributed by atoms with E-state index in [1.165, 1.54) is 12.7 Å². The summed E-state index contributed by atoms with van der Waals surface area (Å²) in [6.45, 7) is 7.87. The number of ether oxygens (including phenoxy) is 1. The number of rotatable bonds is 4. The second kappa shape index (κ2) is 8.87. The summed E-state index contributed by atoms with van der Waals surface area (Å²) in [5.41, 5.74) is 6.96. The minimum Gasteiger partial charge on any atom is -0.465 e. The van der Waals surface area contributed by atoms with Gasteiger partial charge < -0.3 is 9.30 Å². The molecule has 0 spiro atoms. The number of aryl methyl sites for hydroxylation is 2. The Balaban J connectivity index is 1.86. The highest BCUT2D eigenvalue weighted by Crippen LogP contribution is 2.37. The SMILES string of the molecule is COC(=O)C1=C(C)N(c2cccc(Br)c2)C(=O)/C1=C\c1cc(C)n(-c2cccc(C)c2)c1C. The summed E-state index contributed by atoms with van der Waals surface area (Å²) in [5, 5.41) is 0. The first kappa shape index (κ1) is 22.8. The van der Waals surface area contributed by atoms with Crippen molar-refractivity contribution in [2.75, 3.05) is 12.0 Å². The Bertz CT molecular complexity index is 1350. The average molecular weight is 505 g/mol. The quantitative estimate of drug-likeness (QED) is 0.321. The molecule has 0 radical (unpaired) electrons. The van der Waals surface area contributed by atoms with E-state index in [0.29, 0.717) is 17.0 Å². The molecule has 0 atom stereocenters. The van der Waals surface area contributed by atoms with Crippen molar-refractivity contribution in [2.45, 2.75) is 27.7 Å². The number of carbonyl (C=O) groups is 2. The van der Waals surface area contributed by atoms with E-state index in [-0.39, 0.29) is 11.5 Å². The molecule has 0 fully saturated rings. The number of anilines is 1. The van der Waals surface area contributed by atoms with Crippen LogP contribution in [0.2, 0.25) is 0 Å². The van der Waals surface area contributed by atoms with Gasteiger partial charge >= 0.3 is 5.97 Å². The van der Waals surface area contributed by atoms with Gasteiger partial charge in [-0.25, -0.2) is 4.79 Å². The number of amides is 1. The van der Waals surface area contributed by atoms with E-state index >= 15 is 0 Å². The molecule has 3 aromatic rings. The smallest absolute Gasteiger partial charge is 0.340 e. The van der Waals surface area contributed by atoms with Gasteiger partial charge in [0.25, 0.3) is 5.91 Å². The van der Waals surface area contributed by atoms with Crippen LogP contribution in [0.5, 0.6) is 0 Å². The normalized spacial score (nSPS) is 15.0. The minimum atomic E-state index is -0.530. The fraction of sp³-hybridized carbons (Fsp3) is 0.185. The molecule has 1 aliphatic rings. The Morgan fingerprint density at radius 1 is 0.970 bits per heavy atom. The summed E-state index contributed by atoms with van der Waals surface area (Å²) in [4.78, 5) is 27.8. The van der Waals surface area contributed by atoms with Gasteiger partial charge in [-0.15, -0.1) is 0 Å². The van der Waals surface area contributed by atoms with Crippen molar-refractivity contribution in [1.29, 1.82) is 0 Å². The third-order valence-corrected chi connectivity index (χ3v) is 6.38. The minimum absolute atomic E-state index is 0.258. The van der Waals surface area contributed by atoms with Gasteiger partial charge in [-0.1, -0.05) is 34.1 Å². The Hall–Kier alpha value is -3.38. The third-order valence-electron chi connectivity index (χ3n) is 5.89. The van der Waals surface area contributed by atoms with Gasteiger partial charge in [0, 0.05) is 27.2 Å². The topological polar surface area (TPSA) is 51.5 Å². The van der Waals surface area contributed by atoms with Crippen molar-refractivity contribution in [3.8, 4) is 5.69 Å². The Labute approximate surface area is 202 Å². The second-order valence-corrected chi connectivity index (χ2v) is 9.05. The standard InChI is InChI=1S/C27H25BrN2O3/c1-16-8-6-10-22(12-16)29-17(2)13-20(18(29)3)14-24-25(27(32)33-5)19(4)30(26(24)31)23-11-7-9-21(28)15-23/h6-15H,1-5H3/b24-14-. The molecular formula is C27H25BrN2O3. The molecule has 0 unspecified atom stereocenters. The summed E-state index contributed by atoms with van der Waals surface area (Å²) in [7, 11) is 1.33. The number of hydrogen-bond acceptors (Lipinski definition) is 3. The molecule has 4 rings (SSSR count). The third kappa shape index (κ3) is 4.07. The molecule has 33 heavy (non-hydrogen) atoms. The monoisotopic (exact) mass is 504 g/mol.